The summed E-state index contributed by atoms with van der Waals surface area (Å²) in [7, 11) is 0. The Bertz CT molecular complexity index is 241. The molecular formula is C7H8BrCl3O4. The van der Waals surface area contributed by atoms with Crippen LogP contribution in [-0.4, -0.2) is 27.4 Å². The van der Waals surface area contributed by atoms with Crippen molar-refractivity contribution in [1.82, 2.24) is 0 Å². The lowest BCUT2D eigenvalue weighted by molar-refractivity contribution is -0.154. The molecule has 0 aromatic carbocycles. The molecule has 0 bridgehead atoms. The van der Waals surface area contributed by atoms with E-state index in [9.17, 15) is 9.59 Å². The Hall–Kier alpha value is 0.290. The Morgan fingerprint density at radius 2 is 1.87 bits per heavy atom. The molecule has 15 heavy (non-hydrogen) atoms. The molecule has 1 atom stereocenters. The number of hydrogen-bond donors (Lipinski definition) is 0. The molecule has 0 saturated heterocycles. The van der Waals surface area contributed by atoms with Crippen LogP contribution in [0.25, 0.3) is 0 Å². The molecule has 0 rings (SSSR count). The lowest BCUT2D eigenvalue weighted by atomic mass is 10.4. The average Bonchev–Trinajstić information content (AvgIpc) is 2.01. The number of rotatable bonds is 4. The fraction of sp³-hybridized carbons (Fsp3) is 0.714. The number of alkyl halides is 4. The van der Waals surface area contributed by atoms with Crippen molar-refractivity contribution in [3.05, 3.63) is 0 Å². The minimum Gasteiger partial charge on any atom is -0.466 e. The molecule has 0 spiro atoms. The highest BCUT2D eigenvalue weighted by atomic mass is 79.9. The molecule has 88 valence electrons. The number of ether oxygens (including phenoxy) is 2. The molecule has 0 aliphatic rings. The third-order valence-corrected chi connectivity index (χ3v) is 3.35. The van der Waals surface area contributed by atoms with Crippen LogP contribution in [0.2, 0.25) is 0 Å². The van der Waals surface area contributed by atoms with Crippen LogP contribution in [0.5, 0.6) is 0 Å². The zero-order valence-corrected chi connectivity index (χ0v) is 11.5. The Morgan fingerprint density at radius 3 is 2.27 bits per heavy atom. The van der Waals surface area contributed by atoms with E-state index in [4.69, 9.17) is 34.8 Å². The van der Waals surface area contributed by atoms with Gasteiger partial charge in [0, 0.05) is 0 Å². The van der Waals surface area contributed by atoms with E-state index in [0.717, 1.165) is 0 Å². The maximum Gasteiger partial charge on any atom is 0.318 e. The summed E-state index contributed by atoms with van der Waals surface area (Å²) >= 11 is 19.1. The second-order valence-electron chi connectivity index (χ2n) is 2.33. The van der Waals surface area contributed by atoms with Gasteiger partial charge in [-0.25, -0.2) is 0 Å². The Kier molecular flexibility index (Phi) is 6.91. The van der Waals surface area contributed by atoms with E-state index in [1.807, 2.05) is 0 Å². The highest BCUT2D eigenvalue weighted by Crippen LogP contribution is 2.35. The van der Waals surface area contributed by atoms with E-state index < -0.39 is 27.2 Å². The van der Waals surface area contributed by atoms with E-state index in [1.54, 1.807) is 6.92 Å². The van der Waals surface area contributed by atoms with Crippen LogP contribution < -0.4 is 0 Å². The second-order valence-corrected chi connectivity index (χ2v) is 5.53. The van der Waals surface area contributed by atoms with Gasteiger partial charge in [0.2, 0.25) is 8.81 Å². The summed E-state index contributed by atoms with van der Waals surface area (Å²) in [6.07, 6.45) is -0.517. The molecule has 8 heteroatoms. The topological polar surface area (TPSA) is 52.6 Å². The van der Waals surface area contributed by atoms with Crippen molar-refractivity contribution in [2.75, 3.05) is 6.61 Å². The van der Waals surface area contributed by atoms with Gasteiger partial charge in [-0.15, -0.1) is 0 Å². The average molecular weight is 342 g/mol. The van der Waals surface area contributed by atoms with E-state index in [1.165, 1.54) is 0 Å². The summed E-state index contributed by atoms with van der Waals surface area (Å²) in [6.45, 7) is 1.81. The molecule has 0 aromatic heterocycles. The number of carbonyl (C=O) groups excluding carboxylic acids is 2. The van der Waals surface area contributed by atoms with Gasteiger partial charge in [-0.3, -0.25) is 9.59 Å². The molecule has 0 radical (unpaired) electrons. The molecule has 0 amide bonds. The summed E-state index contributed by atoms with van der Waals surface area (Å²) < 4.78 is 7.35. The Labute approximate surface area is 110 Å². The van der Waals surface area contributed by atoms with Crippen LogP contribution in [0, 0.1) is 0 Å². The number of halogens is 4. The zero-order valence-electron chi connectivity index (χ0n) is 7.64. The first-order valence-corrected chi connectivity index (χ1v) is 5.88. The standard InChI is InChI=1S/C7H8BrCl3O4/c1-2-14-4(12)3-5(13)15-6(8)7(9,10)11/h6H,2-3H2,1H3. The predicted molar refractivity (Wildman–Crippen MR) is 60.3 cm³/mol. The van der Waals surface area contributed by atoms with Crippen molar-refractivity contribution < 1.29 is 19.1 Å². The van der Waals surface area contributed by atoms with Crippen molar-refractivity contribution in [3.8, 4) is 0 Å². The summed E-state index contributed by atoms with van der Waals surface area (Å²) in [5, 5.41) is -1.11. The molecule has 4 nitrogen and oxygen atoms in total. The van der Waals surface area contributed by atoms with Gasteiger partial charge < -0.3 is 9.47 Å². The van der Waals surface area contributed by atoms with Crippen molar-refractivity contribution >= 4 is 62.7 Å². The normalized spacial score (nSPS) is 13.1. The van der Waals surface area contributed by atoms with Crippen LogP contribution in [0.1, 0.15) is 13.3 Å². The van der Waals surface area contributed by atoms with Gasteiger partial charge in [-0.2, -0.15) is 0 Å². The zero-order chi connectivity index (χ0) is 12.1. The van der Waals surface area contributed by atoms with Crippen LogP contribution in [0.15, 0.2) is 0 Å². The maximum atomic E-state index is 11.1. The van der Waals surface area contributed by atoms with E-state index >= 15 is 0 Å². The predicted octanol–water partition coefficient (Wildman–Crippen LogP) is 2.57. The molecule has 0 fully saturated rings. The lowest BCUT2D eigenvalue weighted by Gasteiger charge is -2.18. The molecule has 0 heterocycles. The van der Waals surface area contributed by atoms with Crippen LogP contribution in [-0.2, 0) is 19.1 Å². The summed E-state index contributed by atoms with van der Waals surface area (Å²) in [6, 6.07) is 0. The first kappa shape index (κ1) is 15.3. The molecule has 0 aromatic rings. The second kappa shape index (κ2) is 6.78. The van der Waals surface area contributed by atoms with Crippen LogP contribution in [0.3, 0.4) is 0 Å². The fourth-order valence-electron chi connectivity index (χ4n) is 0.554. The van der Waals surface area contributed by atoms with Crippen molar-refractivity contribution in [2.45, 2.75) is 22.2 Å². The Balaban J connectivity index is 3.99. The van der Waals surface area contributed by atoms with E-state index in [0.29, 0.717) is 0 Å². The van der Waals surface area contributed by atoms with E-state index in [2.05, 4.69) is 25.4 Å². The lowest BCUT2D eigenvalue weighted by Crippen LogP contribution is -2.26. The minimum atomic E-state index is -1.79. The molecule has 0 N–H and O–H groups in total. The third-order valence-electron chi connectivity index (χ3n) is 1.09. The first-order valence-electron chi connectivity index (χ1n) is 3.83. The highest BCUT2D eigenvalue weighted by molar-refractivity contribution is 9.09. The largest absolute Gasteiger partial charge is 0.466 e. The molecular weight excluding hydrogens is 334 g/mol. The van der Waals surface area contributed by atoms with Crippen LogP contribution >= 0.6 is 50.7 Å². The highest BCUT2D eigenvalue weighted by Gasteiger charge is 2.34. The van der Waals surface area contributed by atoms with Gasteiger partial charge in [0.25, 0.3) is 0 Å². The third kappa shape index (κ3) is 7.22. The monoisotopic (exact) mass is 340 g/mol. The van der Waals surface area contributed by atoms with Crippen LogP contribution in [0.4, 0.5) is 0 Å². The van der Waals surface area contributed by atoms with Gasteiger partial charge in [0.05, 0.1) is 6.61 Å². The van der Waals surface area contributed by atoms with Crippen molar-refractivity contribution in [2.24, 2.45) is 0 Å². The number of carbonyl (C=O) groups is 2. The van der Waals surface area contributed by atoms with E-state index in [-0.39, 0.29) is 6.61 Å². The number of esters is 2. The smallest absolute Gasteiger partial charge is 0.318 e. The minimum absolute atomic E-state index is 0.189. The van der Waals surface area contributed by atoms with Crippen molar-refractivity contribution in [3.63, 3.8) is 0 Å². The molecule has 0 aliphatic carbocycles. The first-order chi connectivity index (χ1) is 6.77. The molecule has 0 saturated carbocycles. The summed E-state index contributed by atoms with van der Waals surface area (Å²) in [5.74, 6) is -1.52. The summed E-state index contributed by atoms with van der Waals surface area (Å²) in [5.41, 5.74) is 0. The van der Waals surface area contributed by atoms with Gasteiger partial charge in [0.1, 0.15) is 6.42 Å². The number of hydrogen-bond acceptors (Lipinski definition) is 4. The SMILES string of the molecule is CCOC(=O)CC(=O)OC(Br)C(Cl)(Cl)Cl. The van der Waals surface area contributed by atoms with Gasteiger partial charge in [0.15, 0.2) is 0 Å². The maximum absolute atomic E-state index is 11.1. The molecule has 1 unspecified atom stereocenters. The van der Waals surface area contributed by atoms with Gasteiger partial charge >= 0.3 is 11.9 Å². The van der Waals surface area contributed by atoms with Gasteiger partial charge in [-0.05, 0) is 22.9 Å². The quantitative estimate of drug-likeness (QED) is 0.448. The Morgan fingerprint density at radius 1 is 1.33 bits per heavy atom. The molecule has 0 aliphatic heterocycles. The van der Waals surface area contributed by atoms with Crippen molar-refractivity contribution in [1.29, 1.82) is 0 Å². The summed E-state index contributed by atoms with van der Waals surface area (Å²) in [4.78, 5) is 21.9. The fourth-order valence-corrected chi connectivity index (χ4v) is 0.896. The van der Waals surface area contributed by atoms with Gasteiger partial charge in [-0.1, -0.05) is 34.8 Å².